The quantitative estimate of drug-likeness (QED) is 0.914. The van der Waals surface area contributed by atoms with Gasteiger partial charge in [0.15, 0.2) is 5.82 Å². The molecule has 0 radical (unpaired) electrons. The molecule has 1 N–H and O–H groups in total. The molecule has 1 fully saturated rings. The fourth-order valence-corrected chi connectivity index (χ4v) is 2.47. The SMILES string of the molecule is Cc1noc(CNC(=O)[C@H]2CC(=O)N(c3ccc(F)cc3)C2)n1. The van der Waals surface area contributed by atoms with E-state index in [-0.39, 0.29) is 37.1 Å². The molecule has 7 nitrogen and oxygen atoms in total. The summed E-state index contributed by atoms with van der Waals surface area (Å²) in [5.41, 5.74) is 0.583. The van der Waals surface area contributed by atoms with Gasteiger partial charge in [-0.1, -0.05) is 5.16 Å². The van der Waals surface area contributed by atoms with E-state index < -0.39 is 5.92 Å². The van der Waals surface area contributed by atoms with Crippen LogP contribution in [0.4, 0.5) is 10.1 Å². The average molecular weight is 318 g/mol. The van der Waals surface area contributed by atoms with Crippen molar-refractivity contribution in [2.24, 2.45) is 5.92 Å². The fraction of sp³-hybridized carbons (Fsp3) is 0.333. The van der Waals surface area contributed by atoms with Crippen LogP contribution >= 0.6 is 0 Å². The smallest absolute Gasteiger partial charge is 0.246 e. The second kappa shape index (κ2) is 6.15. The van der Waals surface area contributed by atoms with Gasteiger partial charge in [0, 0.05) is 18.7 Å². The van der Waals surface area contributed by atoms with Gasteiger partial charge in [-0.2, -0.15) is 4.98 Å². The molecule has 2 amide bonds. The molecule has 0 bridgehead atoms. The van der Waals surface area contributed by atoms with E-state index in [9.17, 15) is 14.0 Å². The zero-order chi connectivity index (χ0) is 16.4. The minimum absolute atomic E-state index is 0.117. The zero-order valence-electron chi connectivity index (χ0n) is 12.5. The summed E-state index contributed by atoms with van der Waals surface area (Å²) in [6, 6.07) is 5.62. The third-order valence-corrected chi connectivity index (χ3v) is 3.62. The maximum Gasteiger partial charge on any atom is 0.246 e. The Labute approximate surface area is 131 Å². The summed E-state index contributed by atoms with van der Waals surface area (Å²) in [6.07, 6.45) is 0.117. The van der Waals surface area contributed by atoms with Crippen molar-refractivity contribution < 1.29 is 18.5 Å². The first-order valence-electron chi connectivity index (χ1n) is 7.16. The Hall–Kier alpha value is -2.77. The maximum atomic E-state index is 13.0. The monoisotopic (exact) mass is 318 g/mol. The Balaban J connectivity index is 1.60. The summed E-state index contributed by atoms with van der Waals surface area (Å²) in [4.78, 5) is 29.7. The van der Waals surface area contributed by atoms with E-state index in [4.69, 9.17) is 4.52 Å². The van der Waals surface area contributed by atoms with Gasteiger partial charge in [-0.05, 0) is 31.2 Å². The number of benzene rings is 1. The van der Waals surface area contributed by atoms with E-state index in [2.05, 4.69) is 15.5 Å². The molecule has 1 aromatic carbocycles. The third-order valence-electron chi connectivity index (χ3n) is 3.62. The van der Waals surface area contributed by atoms with E-state index >= 15 is 0 Å². The molecule has 1 aliphatic heterocycles. The maximum absolute atomic E-state index is 13.0. The lowest BCUT2D eigenvalue weighted by Crippen LogP contribution is -2.32. The molecule has 120 valence electrons. The highest BCUT2D eigenvalue weighted by molar-refractivity contribution is 6.00. The lowest BCUT2D eigenvalue weighted by Gasteiger charge is -2.16. The Kier molecular flexibility index (Phi) is 4.05. The number of carbonyl (C=O) groups is 2. The van der Waals surface area contributed by atoms with Gasteiger partial charge in [-0.25, -0.2) is 4.39 Å². The zero-order valence-corrected chi connectivity index (χ0v) is 12.5. The highest BCUT2D eigenvalue weighted by Gasteiger charge is 2.35. The van der Waals surface area contributed by atoms with Gasteiger partial charge in [0.25, 0.3) is 0 Å². The van der Waals surface area contributed by atoms with Crippen molar-refractivity contribution in [3.8, 4) is 0 Å². The number of anilines is 1. The number of aromatic nitrogens is 2. The normalized spacial score (nSPS) is 17.6. The van der Waals surface area contributed by atoms with Gasteiger partial charge < -0.3 is 14.7 Å². The van der Waals surface area contributed by atoms with E-state index in [1.807, 2.05) is 0 Å². The molecular formula is C15H15FN4O3. The number of hydrogen-bond acceptors (Lipinski definition) is 5. The van der Waals surface area contributed by atoms with E-state index in [0.717, 1.165) is 0 Å². The van der Waals surface area contributed by atoms with E-state index in [0.29, 0.717) is 17.4 Å². The molecule has 1 aromatic heterocycles. The second-order valence-electron chi connectivity index (χ2n) is 5.33. The predicted octanol–water partition coefficient (Wildman–Crippen LogP) is 1.19. The Bertz CT molecular complexity index is 729. The van der Waals surface area contributed by atoms with Crippen molar-refractivity contribution >= 4 is 17.5 Å². The minimum atomic E-state index is -0.462. The van der Waals surface area contributed by atoms with Gasteiger partial charge in [-0.15, -0.1) is 0 Å². The molecule has 2 heterocycles. The van der Waals surface area contributed by atoms with Crippen molar-refractivity contribution in [3.63, 3.8) is 0 Å². The van der Waals surface area contributed by atoms with Crippen LogP contribution in [0.3, 0.4) is 0 Å². The standard InChI is InChI=1S/C15H15FN4O3/c1-9-18-13(23-19-9)7-17-15(22)10-6-14(21)20(8-10)12-4-2-11(16)3-5-12/h2-5,10H,6-8H2,1H3,(H,17,22)/t10-/m0/s1. The summed E-state index contributed by atoms with van der Waals surface area (Å²) in [6.45, 7) is 2.07. The lowest BCUT2D eigenvalue weighted by molar-refractivity contribution is -0.126. The van der Waals surface area contributed by atoms with Gasteiger partial charge >= 0.3 is 0 Å². The fourth-order valence-electron chi connectivity index (χ4n) is 2.47. The van der Waals surface area contributed by atoms with Crippen molar-refractivity contribution in [2.45, 2.75) is 19.9 Å². The molecule has 23 heavy (non-hydrogen) atoms. The molecule has 0 spiro atoms. The first kappa shape index (κ1) is 15.1. The summed E-state index contributed by atoms with van der Waals surface area (Å²) in [5, 5.41) is 6.31. The molecule has 2 aromatic rings. The molecular weight excluding hydrogens is 303 g/mol. The molecule has 0 unspecified atom stereocenters. The van der Waals surface area contributed by atoms with Crippen LogP contribution < -0.4 is 10.2 Å². The van der Waals surface area contributed by atoms with Crippen LogP contribution in [0.15, 0.2) is 28.8 Å². The molecule has 1 atom stereocenters. The van der Waals surface area contributed by atoms with Crippen molar-refractivity contribution in [2.75, 3.05) is 11.4 Å². The van der Waals surface area contributed by atoms with Crippen molar-refractivity contribution in [1.29, 1.82) is 0 Å². The number of carbonyl (C=O) groups excluding carboxylic acids is 2. The van der Waals surface area contributed by atoms with Crippen LogP contribution in [0, 0.1) is 18.7 Å². The average Bonchev–Trinajstić information content (AvgIpc) is 3.12. The largest absolute Gasteiger partial charge is 0.347 e. The lowest BCUT2D eigenvalue weighted by atomic mass is 10.1. The second-order valence-corrected chi connectivity index (χ2v) is 5.33. The van der Waals surface area contributed by atoms with Crippen molar-refractivity contribution in [3.05, 3.63) is 41.8 Å². The van der Waals surface area contributed by atoms with Gasteiger partial charge in [0.05, 0.1) is 12.5 Å². The molecule has 0 saturated carbocycles. The Morgan fingerprint density at radius 3 is 2.83 bits per heavy atom. The highest BCUT2D eigenvalue weighted by atomic mass is 19.1. The highest BCUT2D eigenvalue weighted by Crippen LogP contribution is 2.25. The van der Waals surface area contributed by atoms with Crippen LogP contribution in [0.2, 0.25) is 0 Å². The number of aryl methyl sites for hydroxylation is 1. The van der Waals surface area contributed by atoms with Crippen LogP contribution in [-0.2, 0) is 16.1 Å². The molecule has 3 rings (SSSR count). The number of rotatable bonds is 4. The molecule has 1 aliphatic rings. The number of halogens is 1. The topological polar surface area (TPSA) is 88.3 Å². The molecule has 8 heteroatoms. The van der Waals surface area contributed by atoms with E-state index in [1.165, 1.54) is 29.2 Å². The van der Waals surface area contributed by atoms with Crippen molar-refractivity contribution in [1.82, 2.24) is 15.5 Å². The van der Waals surface area contributed by atoms with Crippen LogP contribution in [0.25, 0.3) is 0 Å². The van der Waals surface area contributed by atoms with Gasteiger partial charge in [-0.3, -0.25) is 9.59 Å². The number of hydrogen-bond donors (Lipinski definition) is 1. The van der Waals surface area contributed by atoms with Gasteiger partial charge in [0.1, 0.15) is 5.82 Å². The predicted molar refractivity (Wildman–Crippen MR) is 77.7 cm³/mol. The first-order valence-corrected chi connectivity index (χ1v) is 7.16. The molecule has 1 saturated heterocycles. The Morgan fingerprint density at radius 1 is 1.43 bits per heavy atom. The number of amides is 2. The summed E-state index contributed by atoms with van der Waals surface area (Å²) in [5.74, 6) is -0.436. The minimum Gasteiger partial charge on any atom is -0.347 e. The summed E-state index contributed by atoms with van der Waals surface area (Å²) < 4.78 is 17.9. The van der Waals surface area contributed by atoms with E-state index in [1.54, 1.807) is 6.92 Å². The van der Waals surface area contributed by atoms with Gasteiger partial charge in [0.2, 0.25) is 17.7 Å². The summed E-state index contributed by atoms with van der Waals surface area (Å²) in [7, 11) is 0. The van der Waals surface area contributed by atoms with Crippen LogP contribution in [-0.4, -0.2) is 28.5 Å². The third kappa shape index (κ3) is 3.36. The summed E-state index contributed by atoms with van der Waals surface area (Å²) >= 11 is 0. The first-order chi connectivity index (χ1) is 11.0. The van der Waals surface area contributed by atoms with Crippen LogP contribution in [0.1, 0.15) is 18.1 Å². The number of nitrogens with one attached hydrogen (secondary N) is 1. The number of nitrogens with zero attached hydrogens (tertiary/aromatic N) is 3. The Morgan fingerprint density at radius 2 is 2.17 bits per heavy atom. The molecule has 0 aliphatic carbocycles. The van der Waals surface area contributed by atoms with Crippen LogP contribution in [0.5, 0.6) is 0 Å².